The van der Waals surface area contributed by atoms with Gasteiger partial charge in [-0.25, -0.2) is 9.18 Å². The van der Waals surface area contributed by atoms with Crippen molar-refractivity contribution in [3.63, 3.8) is 0 Å². The van der Waals surface area contributed by atoms with Gasteiger partial charge in [0.15, 0.2) is 0 Å². The summed E-state index contributed by atoms with van der Waals surface area (Å²) in [5, 5.41) is 15.5. The molecule has 1 aromatic rings. The first-order valence-electron chi connectivity index (χ1n) is 7.91. The summed E-state index contributed by atoms with van der Waals surface area (Å²) in [5.74, 6) is -0.336. The van der Waals surface area contributed by atoms with Gasteiger partial charge in [-0.2, -0.15) is 0 Å². The number of rotatable bonds is 7. The average molecular weight is 321 g/mol. The maximum atomic E-state index is 12.8. The Hall–Kier alpha value is -1.92. The number of urea groups is 1. The van der Waals surface area contributed by atoms with E-state index >= 15 is 0 Å². The van der Waals surface area contributed by atoms with E-state index in [0.29, 0.717) is 18.7 Å². The molecule has 1 saturated heterocycles. The molecule has 2 rings (SSSR count). The quantitative estimate of drug-likeness (QED) is 0.676. The van der Waals surface area contributed by atoms with Gasteiger partial charge in [0, 0.05) is 31.4 Å². The Morgan fingerprint density at radius 1 is 1.48 bits per heavy atom. The fraction of sp³-hybridized carbons (Fsp3) is 0.471. The van der Waals surface area contributed by atoms with Gasteiger partial charge in [0.25, 0.3) is 0 Å². The molecule has 2 unspecified atom stereocenters. The second-order valence-electron chi connectivity index (χ2n) is 5.87. The number of nitrogens with one attached hydrogen (secondary N) is 2. The van der Waals surface area contributed by atoms with Crippen LogP contribution in [-0.4, -0.2) is 47.8 Å². The molecular formula is C17H24FN3O2. The molecule has 1 aromatic carbocycles. The van der Waals surface area contributed by atoms with Crippen molar-refractivity contribution in [3.8, 4) is 0 Å². The molecule has 6 heteroatoms. The van der Waals surface area contributed by atoms with E-state index in [2.05, 4.69) is 22.1 Å². The van der Waals surface area contributed by atoms with Gasteiger partial charge < -0.3 is 15.7 Å². The molecule has 1 aliphatic rings. The highest BCUT2D eigenvalue weighted by Gasteiger charge is 2.25. The van der Waals surface area contributed by atoms with E-state index in [4.69, 9.17) is 0 Å². The van der Waals surface area contributed by atoms with Gasteiger partial charge >= 0.3 is 6.03 Å². The minimum Gasteiger partial charge on any atom is -0.392 e. The topological polar surface area (TPSA) is 64.6 Å². The molecule has 0 aliphatic carbocycles. The minimum absolute atomic E-state index is 0.0575. The summed E-state index contributed by atoms with van der Waals surface area (Å²) in [6.45, 7) is 5.84. The van der Waals surface area contributed by atoms with Crippen LogP contribution in [0.4, 0.5) is 14.9 Å². The number of aliphatic hydroxyl groups is 1. The Labute approximate surface area is 136 Å². The smallest absolute Gasteiger partial charge is 0.319 e. The van der Waals surface area contributed by atoms with Crippen LogP contribution in [0.1, 0.15) is 19.3 Å². The number of likely N-dealkylation sites (tertiary alicyclic amines) is 1. The molecule has 1 fully saturated rings. The molecule has 3 N–H and O–H groups in total. The number of nitrogens with zero attached hydrogens (tertiary/aromatic N) is 1. The lowest BCUT2D eigenvalue weighted by atomic mass is 10.2. The van der Waals surface area contributed by atoms with E-state index in [9.17, 15) is 14.3 Å². The van der Waals surface area contributed by atoms with Crippen molar-refractivity contribution in [2.75, 3.05) is 25.0 Å². The maximum absolute atomic E-state index is 12.8. The van der Waals surface area contributed by atoms with E-state index in [1.54, 1.807) is 6.08 Å². The first-order chi connectivity index (χ1) is 11.1. The highest BCUT2D eigenvalue weighted by Crippen LogP contribution is 2.12. The average Bonchev–Trinajstić information content (AvgIpc) is 2.94. The summed E-state index contributed by atoms with van der Waals surface area (Å²) in [6, 6.07) is 5.41. The van der Waals surface area contributed by atoms with Crippen LogP contribution in [0.3, 0.4) is 0 Å². The van der Waals surface area contributed by atoms with E-state index < -0.39 is 0 Å². The highest BCUT2D eigenvalue weighted by atomic mass is 19.1. The normalized spacial score (nSPS) is 19.3. The number of halogens is 1. The van der Waals surface area contributed by atoms with Crippen molar-refractivity contribution in [1.29, 1.82) is 0 Å². The monoisotopic (exact) mass is 321 g/mol. The molecule has 5 nitrogen and oxygen atoms in total. The second kappa shape index (κ2) is 8.64. The zero-order chi connectivity index (χ0) is 16.7. The predicted octanol–water partition coefficient (Wildman–Crippen LogP) is 2.35. The Balaban J connectivity index is 1.71. The molecule has 2 amide bonds. The predicted molar refractivity (Wildman–Crippen MR) is 88.8 cm³/mol. The molecular weight excluding hydrogens is 297 g/mol. The number of hydrogen-bond acceptors (Lipinski definition) is 3. The van der Waals surface area contributed by atoms with Crippen LogP contribution in [0.5, 0.6) is 0 Å². The third-order valence-electron chi connectivity index (χ3n) is 3.88. The molecule has 2 atom stereocenters. The van der Waals surface area contributed by atoms with Crippen molar-refractivity contribution in [2.24, 2.45) is 0 Å². The number of benzene rings is 1. The van der Waals surface area contributed by atoms with Crippen molar-refractivity contribution >= 4 is 11.7 Å². The van der Waals surface area contributed by atoms with Gasteiger partial charge in [-0.05, 0) is 43.5 Å². The molecule has 0 bridgehead atoms. The number of β-amino-alcohol motifs (C(OH)–C–C–N with tert-alkyl or cyclic N) is 1. The highest BCUT2D eigenvalue weighted by molar-refractivity contribution is 5.89. The van der Waals surface area contributed by atoms with Crippen molar-refractivity contribution in [2.45, 2.75) is 31.4 Å². The van der Waals surface area contributed by atoms with Gasteiger partial charge in [-0.15, -0.1) is 6.58 Å². The zero-order valence-electron chi connectivity index (χ0n) is 13.2. The summed E-state index contributed by atoms with van der Waals surface area (Å²) in [5.41, 5.74) is 0.554. The number of allylic oxidation sites excluding steroid dienone is 1. The number of amides is 2. The Bertz CT molecular complexity index is 521. The molecule has 1 aliphatic heterocycles. The van der Waals surface area contributed by atoms with Crippen LogP contribution in [0.25, 0.3) is 0 Å². The molecule has 1 heterocycles. The summed E-state index contributed by atoms with van der Waals surface area (Å²) in [6.07, 6.45) is 3.81. The lowest BCUT2D eigenvalue weighted by Crippen LogP contribution is -2.40. The van der Waals surface area contributed by atoms with Crippen LogP contribution < -0.4 is 10.6 Å². The first kappa shape index (κ1) is 17.4. The van der Waals surface area contributed by atoms with Gasteiger partial charge in [-0.3, -0.25) is 4.90 Å². The molecule has 0 saturated carbocycles. The summed E-state index contributed by atoms with van der Waals surface area (Å²) in [4.78, 5) is 14.1. The number of carbonyl (C=O) groups is 1. The van der Waals surface area contributed by atoms with Gasteiger partial charge in [0.05, 0.1) is 6.10 Å². The fourth-order valence-electron chi connectivity index (χ4n) is 2.70. The molecule has 126 valence electrons. The van der Waals surface area contributed by atoms with E-state index in [1.807, 2.05) is 0 Å². The third kappa shape index (κ3) is 6.00. The fourth-order valence-corrected chi connectivity index (χ4v) is 2.70. The number of anilines is 1. The molecule has 0 spiro atoms. The molecule has 0 aromatic heterocycles. The number of carbonyl (C=O) groups excluding carboxylic acids is 1. The molecule has 23 heavy (non-hydrogen) atoms. The van der Waals surface area contributed by atoms with Crippen LogP contribution >= 0.6 is 0 Å². The van der Waals surface area contributed by atoms with E-state index in [1.165, 1.54) is 24.3 Å². The molecule has 0 radical (unpaired) electrons. The Morgan fingerprint density at radius 3 is 2.91 bits per heavy atom. The number of aliphatic hydroxyl groups excluding tert-OH is 1. The maximum Gasteiger partial charge on any atom is 0.319 e. The van der Waals surface area contributed by atoms with Gasteiger partial charge in [0.1, 0.15) is 5.82 Å². The lowest BCUT2D eigenvalue weighted by Gasteiger charge is -2.20. The van der Waals surface area contributed by atoms with Gasteiger partial charge in [-0.1, -0.05) is 6.08 Å². The second-order valence-corrected chi connectivity index (χ2v) is 5.87. The van der Waals surface area contributed by atoms with Crippen molar-refractivity contribution in [1.82, 2.24) is 10.2 Å². The van der Waals surface area contributed by atoms with Crippen LogP contribution in [0.15, 0.2) is 36.9 Å². The van der Waals surface area contributed by atoms with Crippen LogP contribution in [-0.2, 0) is 0 Å². The van der Waals surface area contributed by atoms with Crippen molar-refractivity contribution < 1.29 is 14.3 Å². The first-order valence-corrected chi connectivity index (χ1v) is 7.91. The number of hydrogen-bond donors (Lipinski definition) is 3. The van der Waals surface area contributed by atoms with Crippen molar-refractivity contribution in [3.05, 3.63) is 42.7 Å². The third-order valence-corrected chi connectivity index (χ3v) is 3.88. The Morgan fingerprint density at radius 2 is 2.22 bits per heavy atom. The SMILES string of the molecule is C=CCCC(O)CN1CCC(NC(=O)Nc2ccc(F)cc2)C1. The van der Waals surface area contributed by atoms with E-state index in [0.717, 1.165) is 25.9 Å². The largest absolute Gasteiger partial charge is 0.392 e. The summed E-state index contributed by atoms with van der Waals surface area (Å²) < 4.78 is 12.8. The summed E-state index contributed by atoms with van der Waals surface area (Å²) in [7, 11) is 0. The van der Waals surface area contributed by atoms with E-state index in [-0.39, 0.29) is 24.0 Å². The lowest BCUT2D eigenvalue weighted by molar-refractivity contribution is 0.117. The Kier molecular flexibility index (Phi) is 6.55. The standard InChI is InChI=1S/C17H24FN3O2/c1-2-3-4-16(22)12-21-10-9-15(11-21)20-17(23)19-14-7-5-13(18)6-8-14/h2,5-8,15-16,22H,1,3-4,9-12H2,(H2,19,20,23). The zero-order valence-corrected chi connectivity index (χ0v) is 13.2. The van der Waals surface area contributed by atoms with Crippen LogP contribution in [0, 0.1) is 5.82 Å². The summed E-state index contributed by atoms with van der Waals surface area (Å²) >= 11 is 0. The van der Waals surface area contributed by atoms with Crippen LogP contribution in [0.2, 0.25) is 0 Å². The van der Waals surface area contributed by atoms with Gasteiger partial charge in [0.2, 0.25) is 0 Å². The minimum atomic E-state index is -0.361.